The molecule has 0 radical (unpaired) electrons. The summed E-state index contributed by atoms with van der Waals surface area (Å²) in [4.78, 5) is 13.3. The summed E-state index contributed by atoms with van der Waals surface area (Å²) >= 11 is 3.52. The number of hydrogen-bond donors (Lipinski definition) is 0. The van der Waals surface area contributed by atoms with Crippen LogP contribution in [-0.4, -0.2) is 40.8 Å². The Morgan fingerprint density at radius 3 is 2.65 bits per heavy atom. The molecule has 0 bridgehead atoms. The number of likely N-dealkylation sites (N-methyl/N-ethyl adjacent to an activating group) is 1. The van der Waals surface area contributed by atoms with E-state index in [1.54, 1.807) is 0 Å². The van der Waals surface area contributed by atoms with Gasteiger partial charge < -0.3 is 4.74 Å². The molecular weight excluding hydrogens is 286 g/mol. The van der Waals surface area contributed by atoms with Gasteiger partial charge in [-0.15, -0.1) is 0 Å². The second-order valence-electron chi connectivity index (χ2n) is 3.85. The fourth-order valence-electron chi connectivity index (χ4n) is 1.59. The number of aryl methyl sites for hydroxylation is 2. The van der Waals surface area contributed by atoms with E-state index in [1.165, 1.54) is 7.11 Å². The maximum absolute atomic E-state index is 11.2. The number of esters is 1. The van der Waals surface area contributed by atoms with Gasteiger partial charge in [-0.25, -0.2) is 0 Å². The first-order valence-electron chi connectivity index (χ1n) is 5.46. The zero-order chi connectivity index (χ0) is 13.0. The molecule has 6 heteroatoms. The zero-order valence-corrected chi connectivity index (χ0v) is 12.2. The molecule has 17 heavy (non-hydrogen) atoms. The van der Waals surface area contributed by atoms with Gasteiger partial charge in [-0.05, 0) is 29.4 Å². The van der Waals surface area contributed by atoms with Crippen molar-refractivity contribution in [2.24, 2.45) is 7.05 Å². The lowest BCUT2D eigenvalue weighted by molar-refractivity contribution is -0.142. The number of methoxy groups -OCH3 is 1. The first-order chi connectivity index (χ1) is 7.99. The summed E-state index contributed by atoms with van der Waals surface area (Å²) < 4.78 is 7.51. The van der Waals surface area contributed by atoms with E-state index in [9.17, 15) is 4.79 Å². The third-order valence-corrected chi connectivity index (χ3v) is 3.69. The van der Waals surface area contributed by atoms with Crippen LogP contribution in [0.25, 0.3) is 0 Å². The van der Waals surface area contributed by atoms with Crippen LogP contribution in [0, 0.1) is 6.92 Å². The van der Waals surface area contributed by atoms with Crippen LogP contribution in [0.3, 0.4) is 0 Å². The second-order valence-corrected chi connectivity index (χ2v) is 4.64. The summed E-state index contributed by atoms with van der Waals surface area (Å²) in [7, 11) is 3.30. The number of aromatic nitrogens is 2. The predicted molar refractivity (Wildman–Crippen MR) is 68.6 cm³/mol. The number of nitrogens with zero attached hydrogens (tertiary/aromatic N) is 3. The summed E-state index contributed by atoms with van der Waals surface area (Å²) in [6.07, 6.45) is 0. The molecule has 5 nitrogen and oxygen atoms in total. The number of carbonyl (C=O) groups is 1. The highest BCUT2D eigenvalue weighted by Gasteiger charge is 2.16. The highest BCUT2D eigenvalue weighted by atomic mass is 79.9. The average Bonchev–Trinajstić information content (AvgIpc) is 2.54. The van der Waals surface area contributed by atoms with Crippen molar-refractivity contribution in [1.82, 2.24) is 14.7 Å². The predicted octanol–water partition coefficient (Wildman–Crippen LogP) is 1.49. The molecule has 0 aliphatic rings. The number of hydrogen-bond acceptors (Lipinski definition) is 4. The molecule has 0 aliphatic heterocycles. The molecule has 0 saturated carbocycles. The quantitative estimate of drug-likeness (QED) is 0.773. The third kappa shape index (κ3) is 3.54. The average molecular weight is 304 g/mol. The molecule has 1 aromatic heterocycles. The molecule has 0 aromatic carbocycles. The first kappa shape index (κ1) is 14.2. The normalized spacial score (nSPS) is 10.9. The lowest BCUT2D eigenvalue weighted by Gasteiger charge is -2.19. The van der Waals surface area contributed by atoms with Gasteiger partial charge >= 0.3 is 5.97 Å². The van der Waals surface area contributed by atoms with Gasteiger partial charge in [-0.3, -0.25) is 14.4 Å². The molecule has 0 atom stereocenters. The Hall–Kier alpha value is -0.880. The van der Waals surface area contributed by atoms with Crippen LogP contribution in [-0.2, 0) is 23.1 Å². The van der Waals surface area contributed by atoms with E-state index in [0.717, 1.165) is 22.4 Å². The minimum atomic E-state index is -0.220. The van der Waals surface area contributed by atoms with E-state index < -0.39 is 0 Å². The van der Waals surface area contributed by atoms with Crippen LogP contribution in [0.5, 0.6) is 0 Å². The van der Waals surface area contributed by atoms with Crippen molar-refractivity contribution in [2.45, 2.75) is 20.4 Å². The monoisotopic (exact) mass is 303 g/mol. The number of ether oxygens (including phenoxy) is 1. The topological polar surface area (TPSA) is 47.4 Å². The lowest BCUT2D eigenvalue weighted by atomic mass is 10.3. The summed E-state index contributed by atoms with van der Waals surface area (Å²) in [5.74, 6) is -0.220. The molecular formula is C11H18BrN3O2. The van der Waals surface area contributed by atoms with E-state index in [-0.39, 0.29) is 5.97 Å². The van der Waals surface area contributed by atoms with Crippen LogP contribution < -0.4 is 0 Å². The lowest BCUT2D eigenvalue weighted by Crippen LogP contribution is -2.30. The summed E-state index contributed by atoms with van der Waals surface area (Å²) in [6.45, 7) is 5.71. The Kier molecular flexibility index (Phi) is 5.14. The van der Waals surface area contributed by atoms with E-state index in [2.05, 4.69) is 25.8 Å². The second kappa shape index (κ2) is 6.16. The van der Waals surface area contributed by atoms with Gasteiger partial charge in [0.25, 0.3) is 0 Å². The van der Waals surface area contributed by atoms with Crippen molar-refractivity contribution in [2.75, 3.05) is 20.2 Å². The van der Waals surface area contributed by atoms with Crippen molar-refractivity contribution in [3.8, 4) is 0 Å². The van der Waals surface area contributed by atoms with Crippen LogP contribution >= 0.6 is 15.9 Å². The van der Waals surface area contributed by atoms with Crippen LogP contribution in [0.15, 0.2) is 4.47 Å². The molecule has 0 saturated heterocycles. The third-order valence-electron chi connectivity index (χ3n) is 2.66. The molecule has 1 heterocycles. The van der Waals surface area contributed by atoms with Gasteiger partial charge in [0.1, 0.15) is 0 Å². The highest BCUT2D eigenvalue weighted by molar-refractivity contribution is 9.10. The van der Waals surface area contributed by atoms with Crippen LogP contribution in [0.1, 0.15) is 18.3 Å². The number of rotatable bonds is 5. The molecule has 0 fully saturated rings. The largest absolute Gasteiger partial charge is 0.468 e. The Labute approximate surface area is 110 Å². The van der Waals surface area contributed by atoms with Gasteiger partial charge in [0.2, 0.25) is 0 Å². The van der Waals surface area contributed by atoms with Crippen LogP contribution in [0.4, 0.5) is 0 Å². The standard InChI is InChI=1S/C11H18BrN3O2/c1-5-15(7-10(16)17-4)6-9-11(12)8(2)13-14(9)3/h5-7H2,1-4H3. The maximum atomic E-state index is 11.2. The molecule has 1 rings (SSSR count). The first-order valence-corrected chi connectivity index (χ1v) is 6.26. The van der Waals surface area contributed by atoms with Gasteiger partial charge in [0.05, 0.1) is 29.5 Å². The van der Waals surface area contributed by atoms with Crippen molar-refractivity contribution in [3.63, 3.8) is 0 Å². The number of halogens is 1. The van der Waals surface area contributed by atoms with Crippen molar-refractivity contribution < 1.29 is 9.53 Å². The van der Waals surface area contributed by atoms with Crippen LogP contribution in [0.2, 0.25) is 0 Å². The molecule has 96 valence electrons. The van der Waals surface area contributed by atoms with Crippen molar-refractivity contribution in [1.29, 1.82) is 0 Å². The molecule has 1 aromatic rings. The Balaban J connectivity index is 2.77. The summed E-state index contributed by atoms with van der Waals surface area (Å²) in [5, 5.41) is 4.32. The molecule has 0 spiro atoms. The van der Waals surface area contributed by atoms with E-state index in [4.69, 9.17) is 0 Å². The Bertz CT molecular complexity index is 404. The highest BCUT2D eigenvalue weighted by Crippen LogP contribution is 2.21. The van der Waals surface area contributed by atoms with E-state index >= 15 is 0 Å². The molecule has 0 N–H and O–H groups in total. The van der Waals surface area contributed by atoms with E-state index in [1.807, 2.05) is 30.5 Å². The zero-order valence-electron chi connectivity index (χ0n) is 10.7. The van der Waals surface area contributed by atoms with Gasteiger partial charge in [0, 0.05) is 13.6 Å². The summed E-state index contributed by atoms with van der Waals surface area (Å²) in [5.41, 5.74) is 2.02. The fourth-order valence-corrected chi connectivity index (χ4v) is 2.05. The summed E-state index contributed by atoms with van der Waals surface area (Å²) in [6, 6.07) is 0. The minimum absolute atomic E-state index is 0.220. The Morgan fingerprint density at radius 2 is 2.24 bits per heavy atom. The smallest absolute Gasteiger partial charge is 0.319 e. The molecule has 0 amide bonds. The maximum Gasteiger partial charge on any atom is 0.319 e. The van der Waals surface area contributed by atoms with Gasteiger partial charge in [-0.2, -0.15) is 5.10 Å². The van der Waals surface area contributed by atoms with E-state index in [0.29, 0.717) is 13.1 Å². The minimum Gasteiger partial charge on any atom is -0.468 e. The van der Waals surface area contributed by atoms with Gasteiger partial charge in [0.15, 0.2) is 0 Å². The van der Waals surface area contributed by atoms with Crippen molar-refractivity contribution >= 4 is 21.9 Å². The Morgan fingerprint density at radius 1 is 1.59 bits per heavy atom. The van der Waals surface area contributed by atoms with Crippen molar-refractivity contribution in [3.05, 3.63) is 15.9 Å². The van der Waals surface area contributed by atoms with Gasteiger partial charge in [-0.1, -0.05) is 6.92 Å². The number of carbonyl (C=O) groups excluding carboxylic acids is 1. The fraction of sp³-hybridized carbons (Fsp3) is 0.636. The SMILES string of the molecule is CCN(CC(=O)OC)Cc1c(Br)c(C)nn1C. The molecule has 0 aliphatic carbocycles. The molecule has 0 unspecified atom stereocenters.